The molecule has 0 aliphatic heterocycles. The highest BCUT2D eigenvalue weighted by Crippen LogP contribution is 2.44. The number of fused-ring (bicyclic) bond motifs is 3. The second-order valence-corrected chi connectivity index (χ2v) is 9.27. The van der Waals surface area contributed by atoms with Gasteiger partial charge in [0.15, 0.2) is 5.13 Å². The number of nitrogens with zero attached hydrogens (tertiary/aromatic N) is 1. The van der Waals surface area contributed by atoms with E-state index in [4.69, 9.17) is 9.84 Å². The molecule has 1 aliphatic rings. The van der Waals surface area contributed by atoms with E-state index < -0.39 is 24.0 Å². The van der Waals surface area contributed by atoms with Crippen molar-refractivity contribution in [2.45, 2.75) is 32.2 Å². The lowest BCUT2D eigenvalue weighted by Gasteiger charge is -2.19. The number of carboxylic acids is 1. The van der Waals surface area contributed by atoms with Gasteiger partial charge in [0.2, 0.25) is 0 Å². The Balaban J connectivity index is 1.36. The molecule has 3 N–H and O–H groups in total. The Kier molecular flexibility index (Phi) is 6.93. The number of nitrogens with one attached hydrogen (secondary N) is 2. The number of hydrogen-bond acceptors (Lipinski definition) is 6. The van der Waals surface area contributed by atoms with E-state index in [1.54, 1.807) is 0 Å². The van der Waals surface area contributed by atoms with E-state index >= 15 is 0 Å². The highest BCUT2D eigenvalue weighted by molar-refractivity contribution is 7.14. The van der Waals surface area contributed by atoms with Crippen LogP contribution in [-0.4, -0.2) is 40.7 Å². The summed E-state index contributed by atoms with van der Waals surface area (Å²) in [5.74, 6) is -1.60. The number of carbonyl (C=O) groups excluding carboxylic acids is 2. The van der Waals surface area contributed by atoms with Crippen molar-refractivity contribution in [3.63, 3.8) is 0 Å². The van der Waals surface area contributed by atoms with Gasteiger partial charge in [-0.1, -0.05) is 62.4 Å². The molecule has 0 saturated heterocycles. The Morgan fingerprint density at radius 2 is 1.68 bits per heavy atom. The van der Waals surface area contributed by atoms with Gasteiger partial charge in [0, 0.05) is 17.3 Å². The molecule has 0 bridgehead atoms. The quantitative estimate of drug-likeness (QED) is 0.430. The highest BCUT2D eigenvalue weighted by atomic mass is 32.1. The van der Waals surface area contributed by atoms with Crippen molar-refractivity contribution in [1.82, 2.24) is 10.3 Å². The van der Waals surface area contributed by atoms with Crippen molar-refractivity contribution in [2.75, 3.05) is 11.9 Å². The lowest BCUT2D eigenvalue weighted by Crippen LogP contribution is -2.40. The van der Waals surface area contributed by atoms with Gasteiger partial charge in [0.1, 0.15) is 12.3 Å². The van der Waals surface area contributed by atoms with Gasteiger partial charge in [-0.3, -0.25) is 14.9 Å². The smallest absolute Gasteiger partial charge is 0.413 e. The van der Waals surface area contributed by atoms with Crippen molar-refractivity contribution in [3.8, 4) is 11.1 Å². The summed E-state index contributed by atoms with van der Waals surface area (Å²) in [6, 6.07) is 15.6. The molecule has 8 nitrogen and oxygen atoms in total. The minimum absolute atomic E-state index is 0.0574. The number of hydrogen-bond donors (Lipinski definition) is 3. The first-order valence-electron chi connectivity index (χ1n) is 10.9. The Morgan fingerprint density at radius 1 is 1.06 bits per heavy atom. The Bertz CT molecular complexity index is 1180. The van der Waals surface area contributed by atoms with E-state index in [-0.39, 0.29) is 35.7 Å². The summed E-state index contributed by atoms with van der Waals surface area (Å²) < 4.78 is 5.50. The largest absolute Gasteiger partial charge is 0.481 e. The van der Waals surface area contributed by atoms with Gasteiger partial charge in [-0.15, -0.1) is 11.3 Å². The Morgan fingerprint density at radius 3 is 2.26 bits per heavy atom. The van der Waals surface area contributed by atoms with E-state index in [9.17, 15) is 14.4 Å². The zero-order chi connectivity index (χ0) is 24.2. The number of benzene rings is 2. The zero-order valence-electron chi connectivity index (χ0n) is 18.8. The monoisotopic (exact) mass is 479 g/mol. The van der Waals surface area contributed by atoms with Crippen LogP contribution in [0.5, 0.6) is 0 Å². The molecule has 9 heteroatoms. The fraction of sp³-hybridized carbons (Fsp3) is 0.280. The molecule has 1 aliphatic carbocycles. The fourth-order valence-electron chi connectivity index (χ4n) is 4.04. The van der Waals surface area contributed by atoms with Gasteiger partial charge in [-0.05, 0) is 28.2 Å². The molecule has 0 unspecified atom stereocenters. The number of rotatable bonds is 8. The normalized spacial score (nSPS) is 13.1. The van der Waals surface area contributed by atoms with Crippen LogP contribution in [-0.2, 0) is 9.53 Å². The molecule has 0 fully saturated rings. The van der Waals surface area contributed by atoms with Crippen molar-refractivity contribution in [1.29, 1.82) is 0 Å². The van der Waals surface area contributed by atoms with Crippen LogP contribution in [0.2, 0.25) is 0 Å². The molecular formula is C25H25N3O5S. The van der Waals surface area contributed by atoms with Gasteiger partial charge in [0.25, 0.3) is 5.91 Å². The number of carbonyl (C=O) groups is 3. The topological polar surface area (TPSA) is 118 Å². The first kappa shape index (κ1) is 23.4. The average Bonchev–Trinajstić information content (AvgIpc) is 3.39. The molecule has 1 atom stereocenters. The maximum Gasteiger partial charge on any atom is 0.413 e. The van der Waals surface area contributed by atoms with Crippen LogP contribution >= 0.6 is 11.3 Å². The van der Waals surface area contributed by atoms with Crippen LogP contribution < -0.4 is 10.6 Å². The van der Waals surface area contributed by atoms with Crippen molar-refractivity contribution in [3.05, 3.63) is 70.7 Å². The first-order valence-corrected chi connectivity index (χ1v) is 11.8. The minimum Gasteiger partial charge on any atom is -0.481 e. The maximum atomic E-state index is 12.5. The molecule has 0 radical (unpaired) electrons. The number of amides is 2. The summed E-state index contributed by atoms with van der Waals surface area (Å²) in [6.07, 6.45) is -0.840. The molecular weight excluding hydrogens is 454 g/mol. The molecule has 1 aromatic heterocycles. The van der Waals surface area contributed by atoms with E-state index in [0.717, 1.165) is 33.6 Å². The van der Waals surface area contributed by atoms with Gasteiger partial charge in [-0.25, -0.2) is 9.78 Å². The van der Waals surface area contributed by atoms with Crippen LogP contribution in [0.3, 0.4) is 0 Å². The summed E-state index contributed by atoms with van der Waals surface area (Å²) in [5.41, 5.74) is 4.63. The Hall–Kier alpha value is -3.72. The third kappa shape index (κ3) is 5.09. The lowest BCUT2D eigenvalue weighted by molar-refractivity contribution is -0.137. The third-order valence-electron chi connectivity index (χ3n) is 5.81. The number of anilines is 1. The van der Waals surface area contributed by atoms with Gasteiger partial charge < -0.3 is 15.2 Å². The van der Waals surface area contributed by atoms with Crippen molar-refractivity contribution < 1.29 is 24.2 Å². The molecule has 4 rings (SSSR count). The number of carboxylic acid groups (broad SMARTS) is 1. The highest BCUT2D eigenvalue weighted by Gasteiger charge is 2.29. The fourth-order valence-corrected chi connectivity index (χ4v) is 4.72. The van der Waals surface area contributed by atoms with Crippen LogP contribution in [0, 0.1) is 5.92 Å². The number of aliphatic carboxylic acids is 1. The van der Waals surface area contributed by atoms with Crippen LogP contribution in [0.1, 0.15) is 47.8 Å². The standard InChI is InChI=1S/C25H25N3O5S/c1-14(2)20(11-22(29)30)26-23(31)21-13-34-24(27-21)28-25(32)33-12-19-17-9-5-3-7-15(17)16-8-4-6-10-18(16)19/h3-10,13-14,19-20H,11-12H2,1-2H3,(H,26,31)(H,29,30)(H,27,28,32)/t20-/m0/s1. The van der Waals surface area contributed by atoms with Gasteiger partial charge in [0.05, 0.1) is 6.42 Å². The summed E-state index contributed by atoms with van der Waals surface area (Å²) in [4.78, 5) is 40.1. The van der Waals surface area contributed by atoms with E-state index in [0.29, 0.717) is 0 Å². The minimum atomic E-state index is -0.991. The van der Waals surface area contributed by atoms with Crippen molar-refractivity contribution >= 4 is 34.4 Å². The van der Waals surface area contributed by atoms with Crippen LogP contribution in [0.4, 0.5) is 9.93 Å². The molecule has 2 aromatic carbocycles. The number of thiazole rings is 1. The van der Waals surface area contributed by atoms with Gasteiger partial charge in [-0.2, -0.15) is 0 Å². The zero-order valence-corrected chi connectivity index (χ0v) is 19.6. The van der Waals surface area contributed by atoms with E-state index in [2.05, 4.69) is 27.8 Å². The summed E-state index contributed by atoms with van der Waals surface area (Å²) in [5, 5.41) is 16.0. The molecule has 176 valence electrons. The maximum absolute atomic E-state index is 12.5. The first-order chi connectivity index (χ1) is 16.3. The van der Waals surface area contributed by atoms with Gasteiger partial charge >= 0.3 is 12.1 Å². The van der Waals surface area contributed by atoms with E-state index in [1.807, 2.05) is 50.2 Å². The van der Waals surface area contributed by atoms with Crippen LogP contribution in [0.15, 0.2) is 53.9 Å². The summed E-state index contributed by atoms with van der Waals surface area (Å²) in [6.45, 7) is 3.84. The van der Waals surface area contributed by atoms with E-state index in [1.165, 1.54) is 5.38 Å². The second kappa shape index (κ2) is 10.0. The lowest BCUT2D eigenvalue weighted by atomic mass is 9.98. The third-order valence-corrected chi connectivity index (χ3v) is 6.56. The van der Waals surface area contributed by atoms with Crippen molar-refractivity contribution in [2.24, 2.45) is 5.92 Å². The predicted molar refractivity (Wildman–Crippen MR) is 129 cm³/mol. The molecule has 1 heterocycles. The predicted octanol–water partition coefficient (Wildman–Crippen LogP) is 4.73. The molecule has 2 amide bonds. The van der Waals surface area contributed by atoms with Crippen LogP contribution in [0.25, 0.3) is 11.1 Å². The average molecular weight is 480 g/mol. The number of ether oxygens (including phenoxy) is 1. The Labute approximate surface area is 201 Å². The molecule has 0 saturated carbocycles. The molecule has 0 spiro atoms. The SMILES string of the molecule is CC(C)[C@H](CC(=O)O)NC(=O)c1csc(NC(=O)OCC2c3ccccc3-c3ccccc32)n1. The summed E-state index contributed by atoms with van der Waals surface area (Å²) >= 11 is 1.09. The molecule has 34 heavy (non-hydrogen) atoms. The molecule has 3 aromatic rings. The summed E-state index contributed by atoms with van der Waals surface area (Å²) in [7, 11) is 0. The number of aromatic nitrogens is 1. The second-order valence-electron chi connectivity index (χ2n) is 8.41.